The number of hydrogen-bond acceptors (Lipinski definition) is 4. The molecule has 1 heterocycles. The van der Waals surface area contributed by atoms with Gasteiger partial charge in [0.2, 0.25) is 5.91 Å². The highest BCUT2D eigenvalue weighted by molar-refractivity contribution is 9.10. The van der Waals surface area contributed by atoms with Gasteiger partial charge in [-0.25, -0.2) is 4.79 Å². The lowest BCUT2D eigenvalue weighted by Gasteiger charge is -2.23. The summed E-state index contributed by atoms with van der Waals surface area (Å²) in [5.74, 6) is 0.0237. The van der Waals surface area contributed by atoms with Gasteiger partial charge in [0, 0.05) is 10.9 Å². The molecule has 0 aliphatic carbocycles. The molecule has 126 valence electrons. The molecule has 0 saturated carbocycles. The number of benzene rings is 1. The molecule has 1 fully saturated rings. The summed E-state index contributed by atoms with van der Waals surface area (Å²) in [5, 5.41) is 6.12. The number of rotatable bonds is 6. The lowest BCUT2D eigenvalue weighted by molar-refractivity contribution is -0.145. The van der Waals surface area contributed by atoms with Gasteiger partial charge in [0.15, 0.2) is 6.04 Å². The van der Waals surface area contributed by atoms with Crippen LogP contribution in [-0.2, 0) is 14.3 Å². The van der Waals surface area contributed by atoms with Gasteiger partial charge in [0.25, 0.3) is 0 Å². The average Bonchev–Trinajstić information content (AvgIpc) is 2.59. The van der Waals surface area contributed by atoms with Gasteiger partial charge >= 0.3 is 5.97 Å². The normalized spacial score (nSPS) is 16.6. The van der Waals surface area contributed by atoms with Gasteiger partial charge in [-0.05, 0) is 56.0 Å². The number of carbonyl (C=O) groups is 2. The quantitative estimate of drug-likeness (QED) is 0.741. The van der Waals surface area contributed by atoms with Crippen molar-refractivity contribution >= 4 is 27.8 Å². The lowest BCUT2D eigenvalue weighted by Crippen LogP contribution is -2.35. The Kier molecular flexibility index (Phi) is 7.05. The molecule has 0 bridgehead atoms. The van der Waals surface area contributed by atoms with Crippen molar-refractivity contribution in [2.24, 2.45) is 5.92 Å². The van der Waals surface area contributed by atoms with Gasteiger partial charge in [-0.2, -0.15) is 0 Å². The Balaban J connectivity index is 1.92. The average molecular weight is 383 g/mol. The Hall–Kier alpha value is -1.40. The first-order valence-corrected chi connectivity index (χ1v) is 8.73. The van der Waals surface area contributed by atoms with Crippen LogP contribution in [0.15, 0.2) is 28.7 Å². The highest BCUT2D eigenvalue weighted by Gasteiger charge is 2.24. The fourth-order valence-corrected chi connectivity index (χ4v) is 3.05. The maximum absolute atomic E-state index is 12.2. The van der Waals surface area contributed by atoms with E-state index in [4.69, 9.17) is 4.74 Å². The highest BCUT2D eigenvalue weighted by atomic mass is 79.9. The Morgan fingerprint density at radius 3 is 2.57 bits per heavy atom. The number of piperidine rings is 1. The molecule has 1 unspecified atom stereocenters. The van der Waals surface area contributed by atoms with Gasteiger partial charge in [0.05, 0.1) is 7.11 Å². The molecule has 1 saturated heterocycles. The van der Waals surface area contributed by atoms with Crippen molar-refractivity contribution in [3.63, 3.8) is 0 Å². The van der Waals surface area contributed by atoms with E-state index >= 15 is 0 Å². The summed E-state index contributed by atoms with van der Waals surface area (Å²) in [5.41, 5.74) is 0.718. The third-order valence-corrected chi connectivity index (χ3v) is 4.71. The summed E-state index contributed by atoms with van der Waals surface area (Å²) >= 11 is 3.36. The standard InChI is InChI=1S/C17H23BrN2O3/c1-23-17(22)16(13-3-5-14(18)6-4-13)20-15(21)7-2-12-8-10-19-11-9-12/h3-6,12,16,19H,2,7-11H2,1H3,(H,20,21). The highest BCUT2D eigenvalue weighted by Crippen LogP contribution is 2.20. The van der Waals surface area contributed by atoms with Crippen molar-refractivity contribution in [3.05, 3.63) is 34.3 Å². The molecular formula is C17H23BrN2O3. The molecule has 0 aromatic heterocycles. The number of hydrogen-bond donors (Lipinski definition) is 2. The van der Waals surface area contributed by atoms with Gasteiger partial charge < -0.3 is 15.4 Å². The van der Waals surface area contributed by atoms with Crippen molar-refractivity contribution in [2.75, 3.05) is 20.2 Å². The third kappa shape index (κ3) is 5.62. The van der Waals surface area contributed by atoms with Crippen LogP contribution in [0.25, 0.3) is 0 Å². The molecule has 0 spiro atoms. The fraction of sp³-hybridized carbons (Fsp3) is 0.529. The Morgan fingerprint density at radius 2 is 1.96 bits per heavy atom. The summed E-state index contributed by atoms with van der Waals surface area (Å²) in [6, 6.07) is 6.53. The van der Waals surface area contributed by atoms with E-state index in [2.05, 4.69) is 26.6 Å². The molecule has 23 heavy (non-hydrogen) atoms. The molecular weight excluding hydrogens is 360 g/mol. The Bertz CT molecular complexity index is 527. The van der Waals surface area contributed by atoms with Crippen LogP contribution in [-0.4, -0.2) is 32.1 Å². The van der Waals surface area contributed by atoms with Gasteiger partial charge in [-0.3, -0.25) is 4.79 Å². The third-order valence-electron chi connectivity index (χ3n) is 4.18. The van der Waals surface area contributed by atoms with Crippen molar-refractivity contribution < 1.29 is 14.3 Å². The van der Waals surface area contributed by atoms with Crippen LogP contribution in [0.3, 0.4) is 0 Å². The molecule has 2 rings (SSSR count). The molecule has 1 atom stereocenters. The van der Waals surface area contributed by atoms with E-state index in [1.54, 1.807) is 12.1 Å². The van der Waals surface area contributed by atoms with Crippen LogP contribution < -0.4 is 10.6 Å². The van der Waals surface area contributed by atoms with Crippen molar-refractivity contribution in [1.29, 1.82) is 0 Å². The summed E-state index contributed by atoms with van der Waals surface area (Å²) in [6.07, 6.45) is 3.53. The van der Waals surface area contributed by atoms with E-state index in [0.29, 0.717) is 12.3 Å². The smallest absolute Gasteiger partial charge is 0.333 e. The number of esters is 1. The van der Waals surface area contributed by atoms with E-state index in [-0.39, 0.29) is 5.91 Å². The second-order valence-electron chi connectivity index (χ2n) is 5.81. The predicted octanol–water partition coefficient (Wildman–Crippen LogP) is 2.56. The molecule has 1 aromatic carbocycles. The van der Waals surface area contributed by atoms with Crippen LogP contribution in [0.4, 0.5) is 0 Å². The minimum absolute atomic E-state index is 0.109. The number of nitrogens with one attached hydrogen (secondary N) is 2. The van der Waals surface area contributed by atoms with Crippen LogP contribution in [0.5, 0.6) is 0 Å². The van der Waals surface area contributed by atoms with E-state index in [0.717, 1.165) is 42.4 Å². The van der Waals surface area contributed by atoms with Crippen molar-refractivity contribution in [1.82, 2.24) is 10.6 Å². The maximum Gasteiger partial charge on any atom is 0.333 e. The van der Waals surface area contributed by atoms with Crippen LogP contribution in [0.1, 0.15) is 37.3 Å². The number of amides is 1. The molecule has 1 aliphatic heterocycles. The van der Waals surface area contributed by atoms with Crippen LogP contribution >= 0.6 is 15.9 Å². The SMILES string of the molecule is COC(=O)C(NC(=O)CCC1CCNCC1)c1ccc(Br)cc1. The summed E-state index contributed by atoms with van der Waals surface area (Å²) in [6.45, 7) is 2.05. The molecule has 1 amide bonds. The number of carbonyl (C=O) groups excluding carboxylic acids is 2. The van der Waals surface area contributed by atoms with Crippen molar-refractivity contribution in [2.45, 2.75) is 31.7 Å². The second kappa shape index (κ2) is 9.03. The molecule has 6 heteroatoms. The zero-order valence-corrected chi connectivity index (χ0v) is 14.9. The first-order valence-electron chi connectivity index (χ1n) is 7.93. The largest absolute Gasteiger partial charge is 0.467 e. The second-order valence-corrected chi connectivity index (χ2v) is 6.72. The van der Waals surface area contributed by atoms with Crippen LogP contribution in [0, 0.1) is 5.92 Å². The zero-order chi connectivity index (χ0) is 16.7. The van der Waals surface area contributed by atoms with E-state index in [1.165, 1.54) is 7.11 Å². The first-order chi connectivity index (χ1) is 11.1. The summed E-state index contributed by atoms with van der Waals surface area (Å²) < 4.78 is 5.74. The monoisotopic (exact) mass is 382 g/mol. The molecule has 0 radical (unpaired) electrons. The van der Waals surface area contributed by atoms with E-state index in [9.17, 15) is 9.59 Å². The first kappa shape index (κ1) is 17.9. The van der Waals surface area contributed by atoms with E-state index in [1.807, 2.05) is 12.1 Å². The molecule has 1 aliphatic rings. The Morgan fingerprint density at radius 1 is 1.30 bits per heavy atom. The summed E-state index contributed by atoms with van der Waals surface area (Å²) in [7, 11) is 1.33. The van der Waals surface area contributed by atoms with Gasteiger partial charge in [-0.1, -0.05) is 28.1 Å². The molecule has 1 aromatic rings. The molecule has 5 nitrogen and oxygen atoms in total. The lowest BCUT2D eigenvalue weighted by atomic mass is 9.93. The van der Waals surface area contributed by atoms with Gasteiger partial charge in [0.1, 0.15) is 0 Å². The van der Waals surface area contributed by atoms with Gasteiger partial charge in [-0.15, -0.1) is 0 Å². The number of methoxy groups -OCH3 is 1. The topological polar surface area (TPSA) is 67.4 Å². The molecule has 2 N–H and O–H groups in total. The fourth-order valence-electron chi connectivity index (χ4n) is 2.79. The minimum atomic E-state index is -0.756. The summed E-state index contributed by atoms with van der Waals surface area (Å²) in [4.78, 5) is 24.2. The maximum atomic E-state index is 12.2. The van der Waals surface area contributed by atoms with Crippen LogP contribution in [0.2, 0.25) is 0 Å². The predicted molar refractivity (Wildman–Crippen MR) is 91.9 cm³/mol. The number of halogens is 1. The van der Waals surface area contributed by atoms with E-state index < -0.39 is 12.0 Å². The zero-order valence-electron chi connectivity index (χ0n) is 13.3. The minimum Gasteiger partial charge on any atom is -0.467 e. The van der Waals surface area contributed by atoms with Crippen molar-refractivity contribution in [3.8, 4) is 0 Å². The Labute approximate surface area is 145 Å². The number of ether oxygens (including phenoxy) is 1.